The van der Waals surface area contributed by atoms with Gasteiger partial charge in [-0.15, -0.1) is 11.6 Å². The van der Waals surface area contributed by atoms with Gasteiger partial charge < -0.3 is 4.74 Å². The molecule has 0 N–H and O–H groups in total. The van der Waals surface area contributed by atoms with Crippen LogP contribution < -0.4 is 0 Å². The number of nitrogens with zero attached hydrogens (tertiary/aromatic N) is 1. The highest BCUT2D eigenvalue weighted by Crippen LogP contribution is 2.23. The van der Waals surface area contributed by atoms with E-state index in [0.717, 1.165) is 44.3 Å². The molecule has 0 radical (unpaired) electrons. The normalized spacial score (nSPS) is 15.1. The Kier molecular flexibility index (Phi) is 18.1. The van der Waals surface area contributed by atoms with Gasteiger partial charge in [-0.05, 0) is 38.6 Å². The fourth-order valence-corrected chi connectivity index (χ4v) is 4.68. The molecular formula is C25H48ClNO2. The lowest BCUT2D eigenvalue weighted by atomic mass is 9.94. The third-order valence-electron chi connectivity index (χ3n) is 6.30. The van der Waals surface area contributed by atoms with E-state index in [1.165, 1.54) is 89.9 Å². The standard InChI is InChI=1S/C25H48ClNO2/c1-2-3-4-5-6-7-8-9-16-23-29-25(28)19-14-11-15-21-27(22-20-26)24-17-12-10-13-18-24/h24H,2-23H2,1H3. The van der Waals surface area contributed by atoms with Crippen LogP contribution in [-0.2, 0) is 9.53 Å². The SMILES string of the molecule is CCCCCCCCCCCOC(=O)CCCCCN(CCCl)C1CCCCC1. The van der Waals surface area contributed by atoms with Crippen molar-refractivity contribution in [2.24, 2.45) is 0 Å². The van der Waals surface area contributed by atoms with E-state index in [1.807, 2.05) is 0 Å². The molecule has 172 valence electrons. The number of halogens is 1. The Morgan fingerprint density at radius 2 is 1.45 bits per heavy atom. The molecule has 0 saturated heterocycles. The largest absolute Gasteiger partial charge is 0.466 e. The van der Waals surface area contributed by atoms with Crippen LogP contribution in [0.1, 0.15) is 122 Å². The van der Waals surface area contributed by atoms with Crippen LogP contribution in [0, 0.1) is 0 Å². The van der Waals surface area contributed by atoms with E-state index in [4.69, 9.17) is 16.3 Å². The summed E-state index contributed by atoms with van der Waals surface area (Å²) in [7, 11) is 0. The maximum atomic E-state index is 11.9. The lowest BCUT2D eigenvalue weighted by Gasteiger charge is -2.34. The molecule has 4 heteroatoms. The summed E-state index contributed by atoms with van der Waals surface area (Å²) in [5.41, 5.74) is 0. The molecular weight excluding hydrogens is 382 g/mol. The van der Waals surface area contributed by atoms with E-state index in [1.54, 1.807) is 0 Å². The van der Waals surface area contributed by atoms with Crippen molar-refractivity contribution < 1.29 is 9.53 Å². The summed E-state index contributed by atoms with van der Waals surface area (Å²) in [5, 5.41) is 0. The van der Waals surface area contributed by atoms with Crippen LogP contribution in [0.15, 0.2) is 0 Å². The minimum absolute atomic E-state index is 0.00513. The molecule has 1 rings (SSSR count). The first kappa shape index (κ1) is 26.8. The minimum Gasteiger partial charge on any atom is -0.466 e. The third kappa shape index (κ3) is 15.2. The number of carbonyl (C=O) groups is 1. The quantitative estimate of drug-likeness (QED) is 0.121. The van der Waals surface area contributed by atoms with Crippen LogP contribution in [0.4, 0.5) is 0 Å². The fourth-order valence-electron chi connectivity index (χ4n) is 4.46. The second kappa shape index (κ2) is 19.7. The van der Waals surface area contributed by atoms with Gasteiger partial charge in [0.1, 0.15) is 0 Å². The molecule has 1 saturated carbocycles. The van der Waals surface area contributed by atoms with Crippen molar-refractivity contribution in [3.8, 4) is 0 Å². The average Bonchev–Trinajstić information content (AvgIpc) is 2.74. The predicted molar refractivity (Wildman–Crippen MR) is 126 cm³/mol. The van der Waals surface area contributed by atoms with E-state index in [9.17, 15) is 4.79 Å². The van der Waals surface area contributed by atoms with Gasteiger partial charge in [-0.2, -0.15) is 0 Å². The maximum Gasteiger partial charge on any atom is 0.305 e. The van der Waals surface area contributed by atoms with Gasteiger partial charge in [0.05, 0.1) is 6.61 Å². The molecule has 0 atom stereocenters. The Morgan fingerprint density at radius 1 is 0.828 bits per heavy atom. The molecule has 1 aliphatic carbocycles. The predicted octanol–water partition coefficient (Wildman–Crippen LogP) is 7.49. The van der Waals surface area contributed by atoms with Crippen molar-refractivity contribution >= 4 is 17.6 Å². The van der Waals surface area contributed by atoms with E-state index in [0.29, 0.717) is 13.0 Å². The van der Waals surface area contributed by atoms with Gasteiger partial charge >= 0.3 is 5.97 Å². The van der Waals surface area contributed by atoms with Crippen molar-refractivity contribution in [2.45, 2.75) is 129 Å². The Morgan fingerprint density at radius 3 is 2.10 bits per heavy atom. The van der Waals surface area contributed by atoms with Crippen LogP contribution in [-0.4, -0.2) is 42.5 Å². The number of ether oxygens (including phenoxy) is 1. The first-order chi connectivity index (χ1) is 14.3. The summed E-state index contributed by atoms with van der Waals surface area (Å²) in [6.07, 6.45) is 22.3. The molecule has 0 aliphatic heterocycles. The Balaban J connectivity index is 1.91. The summed E-state index contributed by atoms with van der Waals surface area (Å²) < 4.78 is 5.40. The van der Waals surface area contributed by atoms with Gasteiger partial charge in [0.15, 0.2) is 0 Å². The highest BCUT2D eigenvalue weighted by molar-refractivity contribution is 6.18. The zero-order chi connectivity index (χ0) is 21.0. The zero-order valence-electron chi connectivity index (χ0n) is 19.3. The van der Waals surface area contributed by atoms with Crippen molar-refractivity contribution in [3.05, 3.63) is 0 Å². The number of hydrogen-bond acceptors (Lipinski definition) is 3. The molecule has 1 aliphatic rings. The van der Waals surface area contributed by atoms with Crippen molar-refractivity contribution in [1.29, 1.82) is 0 Å². The second-order valence-electron chi connectivity index (χ2n) is 8.88. The van der Waals surface area contributed by atoms with Gasteiger partial charge in [0.25, 0.3) is 0 Å². The third-order valence-corrected chi connectivity index (χ3v) is 6.47. The number of unbranched alkanes of at least 4 members (excludes halogenated alkanes) is 10. The molecule has 1 fully saturated rings. The van der Waals surface area contributed by atoms with E-state index < -0.39 is 0 Å². The van der Waals surface area contributed by atoms with E-state index in [2.05, 4.69) is 11.8 Å². The van der Waals surface area contributed by atoms with Crippen molar-refractivity contribution in [3.63, 3.8) is 0 Å². The number of carbonyl (C=O) groups excluding carboxylic acids is 1. The van der Waals surface area contributed by atoms with Crippen LogP contribution in [0.2, 0.25) is 0 Å². The van der Waals surface area contributed by atoms with Gasteiger partial charge in [-0.3, -0.25) is 9.69 Å². The van der Waals surface area contributed by atoms with E-state index >= 15 is 0 Å². The molecule has 0 spiro atoms. The average molecular weight is 430 g/mol. The monoisotopic (exact) mass is 429 g/mol. The molecule has 0 aromatic carbocycles. The number of hydrogen-bond donors (Lipinski definition) is 0. The van der Waals surface area contributed by atoms with Gasteiger partial charge in [0.2, 0.25) is 0 Å². The highest BCUT2D eigenvalue weighted by atomic mass is 35.5. The van der Waals surface area contributed by atoms with Gasteiger partial charge in [-0.1, -0.05) is 84.0 Å². The lowest BCUT2D eigenvalue weighted by Crippen LogP contribution is -2.38. The maximum absolute atomic E-state index is 11.9. The lowest BCUT2D eigenvalue weighted by molar-refractivity contribution is -0.143. The molecule has 0 aromatic heterocycles. The summed E-state index contributed by atoms with van der Waals surface area (Å²) in [5.74, 6) is 0.719. The smallest absolute Gasteiger partial charge is 0.305 e. The molecule has 0 heterocycles. The summed E-state index contributed by atoms with van der Waals surface area (Å²) in [4.78, 5) is 14.5. The Labute approximate surface area is 186 Å². The topological polar surface area (TPSA) is 29.5 Å². The highest BCUT2D eigenvalue weighted by Gasteiger charge is 2.20. The minimum atomic E-state index is -0.00513. The molecule has 0 amide bonds. The Hall–Kier alpha value is -0.280. The first-order valence-electron chi connectivity index (χ1n) is 12.7. The number of rotatable bonds is 19. The van der Waals surface area contributed by atoms with Crippen LogP contribution in [0.5, 0.6) is 0 Å². The summed E-state index contributed by atoms with van der Waals surface area (Å²) in [6, 6.07) is 0.740. The first-order valence-corrected chi connectivity index (χ1v) is 13.3. The number of alkyl halides is 1. The molecule has 0 bridgehead atoms. The zero-order valence-corrected chi connectivity index (χ0v) is 20.0. The van der Waals surface area contributed by atoms with Crippen LogP contribution >= 0.6 is 11.6 Å². The van der Waals surface area contributed by atoms with Gasteiger partial charge in [0, 0.05) is 24.9 Å². The van der Waals surface area contributed by atoms with Crippen LogP contribution in [0.25, 0.3) is 0 Å². The summed E-state index contributed by atoms with van der Waals surface area (Å²) in [6.45, 7) is 5.01. The number of esters is 1. The molecule has 3 nitrogen and oxygen atoms in total. The second-order valence-corrected chi connectivity index (χ2v) is 9.25. The fraction of sp³-hybridized carbons (Fsp3) is 0.960. The van der Waals surface area contributed by atoms with Crippen LogP contribution in [0.3, 0.4) is 0 Å². The van der Waals surface area contributed by atoms with E-state index in [-0.39, 0.29) is 5.97 Å². The summed E-state index contributed by atoms with van der Waals surface area (Å²) >= 11 is 6.01. The molecule has 29 heavy (non-hydrogen) atoms. The molecule has 0 aromatic rings. The van der Waals surface area contributed by atoms with Crippen molar-refractivity contribution in [2.75, 3.05) is 25.6 Å². The molecule has 0 unspecified atom stereocenters. The Bertz CT molecular complexity index is 372. The van der Waals surface area contributed by atoms with Gasteiger partial charge in [-0.25, -0.2) is 0 Å². The van der Waals surface area contributed by atoms with Crippen molar-refractivity contribution in [1.82, 2.24) is 4.90 Å².